The van der Waals surface area contributed by atoms with E-state index < -0.39 is 87.0 Å². The molecule has 0 spiro atoms. The number of alkyl carbamates (subject to hydrolysis) is 1. The highest BCUT2D eigenvalue weighted by Gasteiger charge is 2.67. The average Bonchev–Trinajstić information content (AvgIpc) is 4.04. The number of halogens is 2. The number of oxime groups is 1. The largest absolute Gasteiger partial charge is 0.450 e. The molecule has 7 rings (SSSR count). The first-order valence-corrected chi connectivity index (χ1v) is 20.5. The molecule has 16 heteroatoms. The lowest BCUT2D eigenvalue weighted by Gasteiger charge is -2.35. The summed E-state index contributed by atoms with van der Waals surface area (Å²) in [6.45, 7) is 5.18. The van der Waals surface area contributed by atoms with E-state index in [-0.39, 0.29) is 19.6 Å². The molecular formula is C39H47F2N5O8S. The number of benzene rings is 2. The number of hydrogen-bond donors (Lipinski definition) is 3. The van der Waals surface area contributed by atoms with Crippen LogP contribution >= 0.6 is 0 Å². The molecule has 296 valence electrons. The Bertz CT molecular complexity index is 2020. The van der Waals surface area contributed by atoms with Crippen molar-refractivity contribution in [3.63, 3.8) is 0 Å². The van der Waals surface area contributed by atoms with Crippen LogP contribution in [0, 0.1) is 11.3 Å². The minimum atomic E-state index is -4.12. The summed E-state index contributed by atoms with van der Waals surface area (Å²) < 4.78 is 60.9. The first kappa shape index (κ1) is 38.7. The van der Waals surface area contributed by atoms with Gasteiger partial charge in [-0.25, -0.2) is 22.0 Å². The second kappa shape index (κ2) is 14.8. The van der Waals surface area contributed by atoms with Crippen LogP contribution in [0.25, 0.3) is 11.1 Å². The zero-order valence-corrected chi connectivity index (χ0v) is 31.9. The minimum Gasteiger partial charge on any atom is -0.450 e. The molecule has 5 aliphatic rings. The van der Waals surface area contributed by atoms with E-state index >= 15 is 0 Å². The number of sulfonamides is 1. The molecule has 4 bridgehead atoms. The van der Waals surface area contributed by atoms with Crippen molar-refractivity contribution in [3.05, 3.63) is 59.2 Å². The van der Waals surface area contributed by atoms with Crippen LogP contribution in [-0.2, 0) is 40.4 Å². The highest BCUT2D eigenvalue weighted by atomic mass is 32.2. The van der Waals surface area contributed by atoms with Gasteiger partial charge in [-0.3, -0.25) is 19.1 Å². The third-order valence-corrected chi connectivity index (χ3v) is 13.0. The molecule has 5 atom stereocenters. The van der Waals surface area contributed by atoms with Crippen molar-refractivity contribution in [3.8, 4) is 11.1 Å². The zero-order valence-electron chi connectivity index (χ0n) is 31.1. The third-order valence-electron chi connectivity index (χ3n) is 11.2. The van der Waals surface area contributed by atoms with Gasteiger partial charge in [0.25, 0.3) is 5.91 Å². The molecule has 0 radical (unpaired) electrons. The maximum atomic E-state index is 14.5. The third kappa shape index (κ3) is 7.92. The number of hydrogen-bond acceptors (Lipinski definition) is 9. The predicted molar refractivity (Wildman–Crippen MR) is 197 cm³/mol. The summed E-state index contributed by atoms with van der Waals surface area (Å²) in [5.74, 6) is -4.48. The van der Waals surface area contributed by atoms with Gasteiger partial charge in [0.2, 0.25) is 28.3 Å². The van der Waals surface area contributed by atoms with Crippen molar-refractivity contribution < 1.29 is 46.0 Å². The average molecular weight is 784 g/mol. The van der Waals surface area contributed by atoms with Gasteiger partial charge in [0.1, 0.15) is 29.4 Å². The number of nitrogens with zero attached hydrogens (tertiary/aromatic N) is 2. The van der Waals surface area contributed by atoms with Gasteiger partial charge in [-0.05, 0) is 66.7 Å². The van der Waals surface area contributed by atoms with Crippen molar-refractivity contribution in [2.75, 3.05) is 13.2 Å². The number of aryl methyl sites for hydroxylation is 1. The fourth-order valence-corrected chi connectivity index (χ4v) is 9.17. The lowest BCUT2D eigenvalue weighted by molar-refractivity contribution is -0.143. The second-order valence-corrected chi connectivity index (χ2v) is 18.3. The quantitative estimate of drug-likeness (QED) is 0.330. The van der Waals surface area contributed by atoms with Crippen molar-refractivity contribution in [1.82, 2.24) is 20.3 Å². The van der Waals surface area contributed by atoms with Crippen LogP contribution in [0.3, 0.4) is 0 Å². The Kier molecular flexibility index (Phi) is 10.4. The van der Waals surface area contributed by atoms with E-state index in [0.29, 0.717) is 25.0 Å². The molecule has 3 aliphatic carbocycles. The summed E-state index contributed by atoms with van der Waals surface area (Å²) in [5.41, 5.74) is 2.36. The maximum Gasteiger partial charge on any atom is 0.407 e. The van der Waals surface area contributed by atoms with Crippen LogP contribution in [0.2, 0.25) is 0 Å². The predicted octanol–water partition coefficient (Wildman–Crippen LogP) is 4.41. The maximum absolute atomic E-state index is 14.5. The molecule has 2 aromatic carbocycles. The van der Waals surface area contributed by atoms with Crippen LogP contribution in [0.1, 0.15) is 88.8 Å². The Morgan fingerprint density at radius 3 is 2.40 bits per heavy atom. The lowest BCUT2D eigenvalue weighted by atomic mass is 9.85. The van der Waals surface area contributed by atoms with E-state index in [2.05, 4.69) is 34.0 Å². The minimum absolute atomic E-state index is 0.137. The number of amides is 4. The molecular weight excluding hydrogens is 737 g/mol. The zero-order chi connectivity index (χ0) is 39.3. The molecule has 0 unspecified atom stereocenters. The Labute approximate surface area is 319 Å². The van der Waals surface area contributed by atoms with Gasteiger partial charge >= 0.3 is 6.09 Å². The number of rotatable bonds is 6. The summed E-state index contributed by atoms with van der Waals surface area (Å²) in [6, 6.07) is 11.5. The number of nitrogens with one attached hydrogen (secondary N) is 3. The Morgan fingerprint density at radius 1 is 1.00 bits per heavy atom. The molecule has 2 heterocycles. The fourth-order valence-electron chi connectivity index (χ4n) is 7.80. The van der Waals surface area contributed by atoms with Crippen molar-refractivity contribution in [1.29, 1.82) is 0 Å². The molecule has 2 saturated carbocycles. The van der Waals surface area contributed by atoms with Crippen LogP contribution in [0.4, 0.5) is 13.6 Å². The normalized spacial score (nSPS) is 28.2. The molecule has 3 N–H and O–H groups in total. The molecule has 0 aromatic heterocycles. The number of carbonyl (C=O) groups excluding carboxylic acids is 4. The van der Waals surface area contributed by atoms with E-state index in [9.17, 15) is 36.4 Å². The van der Waals surface area contributed by atoms with Gasteiger partial charge in [-0.1, -0.05) is 75.2 Å². The van der Waals surface area contributed by atoms with Crippen LogP contribution < -0.4 is 15.4 Å². The topological polar surface area (TPSA) is 173 Å². The summed E-state index contributed by atoms with van der Waals surface area (Å²) in [6.07, 6.45) is -0.524. The van der Waals surface area contributed by atoms with Gasteiger partial charge in [0.15, 0.2) is 0 Å². The highest BCUT2D eigenvalue weighted by Crippen LogP contribution is 2.48. The van der Waals surface area contributed by atoms with Crippen molar-refractivity contribution >= 4 is 39.5 Å². The van der Waals surface area contributed by atoms with E-state index in [0.717, 1.165) is 53.5 Å². The number of fused-ring (bicyclic) bond motifs is 6. The monoisotopic (exact) mass is 783 g/mol. The first-order chi connectivity index (χ1) is 26.1. The standard InChI is InChI=1S/C39H47F2N5O8S/c1-38(2,3)32-35(48)46-21-23(19-30(46)34(47)43-39(20-29(39)33(40)41)36(49)45-55(51,52)24-14-15-24)54-44-31-27-12-8-7-11-25(27)26-16-13-22(18-28(26)31)10-6-4-5-9-17-53-37(50)42-32/h7-8,11-13,16,18,23-24,29-30,32-33H,4-6,9-10,14-15,17,19-21H2,1-3H3,(H,42,50)(H,43,47)(H,45,49)/b44-31-/t23-,29+,30+,32-,39+/m1/s1. The summed E-state index contributed by atoms with van der Waals surface area (Å²) in [5, 5.41) is 8.91. The summed E-state index contributed by atoms with van der Waals surface area (Å²) >= 11 is 0. The molecule has 3 fully saturated rings. The van der Waals surface area contributed by atoms with Gasteiger partial charge in [0.05, 0.1) is 24.3 Å². The smallest absolute Gasteiger partial charge is 0.407 e. The Morgan fingerprint density at radius 2 is 1.71 bits per heavy atom. The van der Waals surface area contributed by atoms with Crippen molar-refractivity contribution in [2.24, 2.45) is 16.5 Å². The Balaban J connectivity index is 1.22. The van der Waals surface area contributed by atoms with E-state index in [1.165, 1.54) is 4.90 Å². The molecule has 2 aliphatic heterocycles. The second-order valence-electron chi connectivity index (χ2n) is 16.4. The van der Waals surface area contributed by atoms with E-state index in [1.54, 1.807) is 20.8 Å². The molecule has 4 amide bonds. The van der Waals surface area contributed by atoms with Gasteiger partial charge < -0.3 is 25.1 Å². The molecule has 55 heavy (non-hydrogen) atoms. The lowest BCUT2D eigenvalue weighted by Crippen LogP contribution is -2.60. The SMILES string of the molecule is CC(C)(C)[C@@H]1NC(=O)OCCCCCCc2ccc3c(c2)/C(=N\O[C@@H]2C[C@@H](C(=O)N[C@@]4(C(=O)NS(=O)(=O)C5CC5)C[C@H]4C(F)F)N(C2)C1=O)c1ccccc1-3. The van der Waals surface area contributed by atoms with E-state index in [1.807, 2.05) is 29.0 Å². The van der Waals surface area contributed by atoms with Gasteiger partial charge in [0, 0.05) is 17.5 Å². The van der Waals surface area contributed by atoms with E-state index in [4.69, 9.17) is 9.57 Å². The first-order valence-electron chi connectivity index (χ1n) is 19.0. The molecule has 1 saturated heterocycles. The Hall–Kier alpha value is -4.60. The van der Waals surface area contributed by atoms with Crippen LogP contribution in [0.5, 0.6) is 0 Å². The van der Waals surface area contributed by atoms with Gasteiger partial charge in [-0.2, -0.15) is 0 Å². The van der Waals surface area contributed by atoms with Gasteiger partial charge in [-0.15, -0.1) is 0 Å². The number of carbonyl (C=O) groups is 4. The number of ether oxygens (including phenoxy) is 1. The van der Waals surface area contributed by atoms with Crippen molar-refractivity contribution in [2.45, 2.75) is 114 Å². The van der Waals surface area contributed by atoms with Crippen LogP contribution in [0.15, 0.2) is 47.6 Å². The summed E-state index contributed by atoms with van der Waals surface area (Å²) in [4.78, 5) is 62.4. The number of alkyl halides is 2. The summed E-state index contributed by atoms with van der Waals surface area (Å²) in [7, 11) is -4.12. The van der Waals surface area contributed by atoms with Crippen LogP contribution in [-0.4, -0.2) is 91.4 Å². The number of cyclic esters (lactones) is 1. The fraction of sp³-hybridized carbons (Fsp3) is 0.564. The molecule has 2 aromatic rings. The molecule has 13 nitrogen and oxygen atoms in total. The highest BCUT2D eigenvalue weighted by molar-refractivity contribution is 7.91.